The molecule has 0 saturated heterocycles. The molecule has 1 heterocycles. The second-order valence-electron chi connectivity index (χ2n) is 18.4. The molecule has 0 fully saturated rings. The molecule has 0 aromatic carbocycles. The largest absolute Gasteiger partial charge is 0.472 e. The van der Waals surface area contributed by atoms with E-state index in [1.54, 1.807) is 0 Å². The minimum absolute atomic E-state index is 0.0105. The second-order valence-corrected chi connectivity index (χ2v) is 19.8. The third kappa shape index (κ3) is 34.5. The Labute approximate surface area is 389 Å². The van der Waals surface area contributed by atoms with Crippen LogP contribution >= 0.6 is 7.82 Å². The number of aryl methyl sites for hydroxylation is 2. The van der Waals surface area contributed by atoms with Crippen molar-refractivity contribution in [3.8, 4) is 0 Å². The Morgan fingerprint density at radius 1 is 0.656 bits per heavy atom. The summed E-state index contributed by atoms with van der Waals surface area (Å²) in [5, 5.41) is 9.29. The number of unbranched alkanes of at least 4 members (excludes halogenated alkanes) is 13. The molecule has 368 valence electrons. The van der Waals surface area contributed by atoms with Crippen molar-refractivity contribution in [3.05, 3.63) is 71.3 Å². The number of phosphoric ester groups is 1. The van der Waals surface area contributed by atoms with Gasteiger partial charge in [0.25, 0.3) is 0 Å². The van der Waals surface area contributed by atoms with Crippen molar-refractivity contribution in [3.63, 3.8) is 0 Å². The summed E-state index contributed by atoms with van der Waals surface area (Å²) in [6.45, 7) is 8.24. The Bertz CT molecular complexity index is 1520. The summed E-state index contributed by atoms with van der Waals surface area (Å²) in [5.41, 5.74) is 2.68. The van der Waals surface area contributed by atoms with Crippen LogP contribution in [0.2, 0.25) is 0 Å². The first-order valence-electron chi connectivity index (χ1n) is 24.8. The lowest BCUT2D eigenvalue weighted by Crippen LogP contribution is -2.37. The SMILES string of the molecule is CCCCCc1oc(CCCCCCCCCCCCC(=O)O[C@H](COC(=O)CCC/C=C\C/C=C\C/C=C\C/C=C\CCC[C@@H](C)O)COP(=O)(O)OCC[N+](C)(C)C)c(C)c1C. The molecule has 11 nitrogen and oxygen atoms in total. The monoisotopic (exact) mass is 921 g/mol. The van der Waals surface area contributed by atoms with E-state index >= 15 is 0 Å². The number of aliphatic hydroxyl groups is 1. The molecule has 64 heavy (non-hydrogen) atoms. The quantitative estimate of drug-likeness (QED) is 0.0214. The Kier molecular flexibility index (Phi) is 34.5. The number of phosphoric acid groups is 1. The minimum atomic E-state index is -4.41. The molecule has 0 spiro atoms. The van der Waals surface area contributed by atoms with Gasteiger partial charge in [-0.2, -0.15) is 0 Å². The van der Waals surface area contributed by atoms with Gasteiger partial charge in [0.15, 0.2) is 6.10 Å². The highest BCUT2D eigenvalue weighted by Gasteiger charge is 2.27. The van der Waals surface area contributed by atoms with E-state index in [9.17, 15) is 24.2 Å². The summed E-state index contributed by atoms with van der Waals surface area (Å²) in [6, 6.07) is 0. The van der Waals surface area contributed by atoms with Gasteiger partial charge in [-0.1, -0.05) is 120 Å². The van der Waals surface area contributed by atoms with E-state index in [0.29, 0.717) is 23.9 Å². The van der Waals surface area contributed by atoms with Gasteiger partial charge in [-0.05, 0) is 103 Å². The van der Waals surface area contributed by atoms with Crippen LogP contribution in [-0.2, 0) is 45.5 Å². The molecule has 0 aliphatic heterocycles. The number of quaternary nitrogens is 1. The highest BCUT2D eigenvalue weighted by Crippen LogP contribution is 2.43. The number of esters is 2. The minimum Gasteiger partial charge on any atom is -0.466 e. The van der Waals surface area contributed by atoms with E-state index < -0.39 is 32.5 Å². The lowest BCUT2D eigenvalue weighted by molar-refractivity contribution is -0.870. The number of allylic oxidation sites excluding steroid dienone is 8. The number of hydrogen-bond acceptors (Lipinski definition) is 9. The molecule has 0 amide bonds. The first kappa shape index (κ1) is 59.2. The van der Waals surface area contributed by atoms with Crippen LogP contribution in [0.3, 0.4) is 0 Å². The van der Waals surface area contributed by atoms with Crippen molar-refractivity contribution in [1.29, 1.82) is 0 Å². The Hall–Kier alpha value is -2.79. The first-order chi connectivity index (χ1) is 30.6. The van der Waals surface area contributed by atoms with Crippen molar-refractivity contribution in [2.75, 3.05) is 47.5 Å². The predicted octanol–water partition coefficient (Wildman–Crippen LogP) is 12.9. The van der Waals surface area contributed by atoms with Crippen LogP contribution in [0.25, 0.3) is 0 Å². The number of carbonyl (C=O) groups excluding carboxylic acids is 2. The van der Waals surface area contributed by atoms with Crippen molar-refractivity contribution in [2.24, 2.45) is 0 Å². The number of hydrogen-bond donors (Lipinski definition) is 2. The standard InChI is InChI=1S/C52H90NO10P/c1-8-9-31-37-49-46(3)47(4)50(63-49)38-33-28-24-20-17-18-22-26-30-35-40-52(56)62-48(44-61-64(57,58)60-42-41-53(5,6)7)43-59-51(55)39-34-29-25-21-16-14-12-10-11-13-15-19-23-27-32-36-45(2)54/h11-14,19,21,23,25,45,48,54H,8-10,15-18,20,22,24,26-44H2,1-7H3/p+1/b13-11-,14-12-,23-19-,25-21-/t45-,48-/m1/s1. The van der Waals surface area contributed by atoms with Gasteiger partial charge < -0.3 is 28.4 Å². The van der Waals surface area contributed by atoms with Crippen LogP contribution < -0.4 is 0 Å². The average Bonchev–Trinajstić information content (AvgIpc) is 3.50. The molecule has 0 aliphatic rings. The van der Waals surface area contributed by atoms with Crippen molar-refractivity contribution < 1.29 is 51.6 Å². The number of likely N-dealkylation sites (N-methyl/N-ethyl adjacent to an activating group) is 1. The lowest BCUT2D eigenvalue weighted by Gasteiger charge is -2.24. The highest BCUT2D eigenvalue weighted by molar-refractivity contribution is 7.47. The van der Waals surface area contributed by atoms with Gasteiger partial charge in [0.1, 0.15) is 31.3 Å². The molecular formula is C52H91NO10P+. The van der Waals surface area contributed by atoms with E-state index in [2.05, 4.69) is 63.3 Å². The maximum absolute atomic E-state index is 12.8. The van der Waals surface area contributed by atoms with E-state index in [1.807, 2.05) is 34.1 Å². The van der Waals surface area contributed by atoms with E-state index in [1.165, 1.54) is 80.4 Å². The van der Waals surface area contributed by atoms with Crippen LogP contribution in [0, 0.1) is 13.8 Å². The molecular weight excluding hydrogens is 830 g/mol. The van der Waals surface area contributed by atoms with Gasteiger partial charge in [0.2, 0.25) is 0 Å². The fraction of sp³-hybridized carbons (Fsp3) is 0.731. The maximum Gasteiger partial charge on any atom is 0.472 e. The molecule has 0 bridgehead atoms. The predicted molar refractivity (Wildman–Crippen MR) is 261 cm³/mol. The van der Waals surface area contributed by atoms with E-state index in [4.69, 9.17) is 22.9 Å². The third-order valence-electron chi connectivity index (χ3n) is 11.1. The number of ether oxygens (including phenoxy) is 2. The number of nitrogens with zero attached hydrogens (tertiary/aromatic N) is 1. The highest BCUT2D eigenvalue weighted by atomic mass is 31.2. The molecule has 12 heteroatoms. The van der Waals surface area contributed by atoms with Crippen LogP contribution in [-0.4, -0.2) is 86.1 Å². The molecule has 1 aromatic rings. The molecule has 3 atom stereocenters. The van der Waals surface area contributed by atoms with Crippen LogP contribution in [0.5, 0.6) is 0 Å². The third-order valence-corrected chi connectivity index (χ3v) is 12.1. The number of furan rings is 1. The van der Waals surface area contributed by atoms with Crippen molar-refractivity contribution in [1.82, 2.24) is 0 Å². The zero-order valence-corrected chi connectivity index (χ0v) is 42.2. The fourth-order valence-electron chi connectivity index (χ4n) is 6.91. The summed E-state index contributed by atoms with van der Waals surface area (Å²) >= 11 is 0. The molecule has 0 radical (unpaired) electrons. The molecule has 1 aromatic heterocycles. The van der Waals surface area contributed by atoms with Crippen LogP contribution in [0.1, 0.15) is 184 Å². The summed E-state index contributed by atoms with van der Waals surface area (Å²) in [4.78, 5) is 35.6. The fourth-order valence-corrected chi connectivity index (χ4v) is 7.65. The second kappa shape index (κ2) is 37.3. The van der Waals surface area contributed by atoms with Crippen LogP contribution in [0.15, 0.2) is 53.0 Å². The molecule has 0 saturated carbocycles. The van der Waals surface area contributed by atoms with E-state index in [-0.39, 0.29) is 32.2 Å². The first-order valence-corrected chi connectivity index (χ1v) is 26.3. The average molecular weight is 921 g/mol. The number of aliphatic hydroxyl groups excluding tert-OH is 1. The van der Waals surface area contributed by atoms with Gasteiger partial charge in [-0.15, -0.1) is 0 Å². The Morgan fingerprint density at radius 3 is 1.67 bits per heavy atom. The van der Waals surface area contributed by atoms with Gasteiger partial charge in [-0.25, -0.2) is 4.57 Å². The van der Waals surface area contributed by atoms with Crippen molar-refractivity contribution in [2.45, 2.75) is 200 Å². The molecule has 2 N–H and O–H groups in total. The summed E-state index contributed by atoms with van der Waals surface area (Å²) < 4.78 is 40.6. The van der Waals surface area contributed by atoms with E-state index in [0.717, 1.165) is 77.0 Å². The molecule has 1 unspecified atom stereocenters. The van der Waals surface area contributed by atoms with Crippen molar-refractivity contribution >= 4 is 19.8 Å². The van der Waals surface area contributed by atoms with Crippen LogP contribution in [0.4, 0.5) is 0 Å². The Balaban J connectivity index is 2.34. The van der Waals surface area contributed by atoms with Gasteiger partial charge in [0.05, 0.1) is 33.9 Å². The zero-order valence-electron chi connectivity index (χ0n) is 41.3. The lowest BCUT2D eigenvalue weighted by atomic mass is 10.0. The number of rotatable bonds is 41. The zero-order chi connectivity index (χ0) is 47.3. The van der Waals surface area contributed by atoms with Gasteiger partial charge >= 0.3 is 19.8 Å². The normalized spacial score (nSPS) is 14.3. The maximum atomic E-state index is 12.8. The Morgan fingerprint density at radius 2 is 1.14 bits per heavy atom. The number of carbonyl (C=O) groups is 2. The molecule has 1 rings (SSSR count). The summed E-state index contributed by atoms with van der Waals surface area (Å²) in [5.74, 6) is 1.47. The van der Waals surface area contributed by atoms with Gasteiger partial charge in [-0.3, -0.25) is 18.6 Å². The topological polar surface area (TPSA) is 142 Å². The smallest absolute Gasteiger partial charge is 0.466 e. The molecule has 0 aliphatic carbocycles. The summed E-state index contributed by atoms with van der Waals surface area (Å²) in [7, 11) is 1.41. The summed E-state index contributed by atoms with van der Waals surface area (Å²) in [6.07, 6.45) is 39.7. The van der Waals surface area contributed by atoms with Gasteiger partial charge in [0, 0.05) is 25.7 Å².